The zero-order chi connectivity index (χ0) is 18.7. The molecule has 1 fully saturated rings. The van der Waals surface area contributed by atoms with Crippen LogP contribution in [0.25, 0.3) is 0 Å². The molecule has 5 nitrogen and oxygen atoms in total. The molecule has 0 spiro atoms. The van der Waals surface area contributed by atoms with Gasteiger partial charge in [-0.3, -0.25) is 4.79 Å². The summed E-state index contributed by atoms with van der Waals surface area (Å²) in [6, 6.07) is 7.93. The molecule has 0 unspecified atom stereocenters. The van der Waals surface area contributed by atoms with Crippen LogP contribution in [-0.4, -0.2) is 23.3 Å². The fraction of sp³-hybridized carbons (Fsp3) is 0.571. The Morgan fingerprint density at radius 1 is 1.23 bits per heavy atom. The second kappa shape index (κ2) is 7.80. The molecule has 2 atom stereocenters. The highest BCUT2D eigenvalue weighted by atomic mass is 16.7. The monoisotopic (exact) mass is 359 g/mol. The van der Waals surface area contributed by atoms with Crippen LogP contribution in [0, 0.1) is 11.3 Å². The van der Waals surface area contributed by atoms with Crippen molar-refractivity contribution in [3.63, 3.8) is 0 Å². The van der Waals surface area contributed by atoms with Crippen LogP contribution in [0.3, 0.4) is 0 Å². The minimum absolute atomic E-state index is 0.0271. The number of carbonyl (C=O) groups is 1. The molecule has 1 aliphatic carbocycles. The summed E-state index contributed by atoms with van der Waals surface area (Å²) in [4.78, 5) is 12.4. The smallest absolute Gasteiger partial charge is 0.286 e. The molecule has 1 amide bonds. The molecule has 3 rings (SSSR count). The van der Waals surface area contributed by atoms with Crippen molar-refractivity contribution in [3.05, 3.63) is 47.2 Å². The van der Waals surface area contributed by atoms with Crippen LogP contribution in [0.4, 0.5) is 0 Å². The number of nitrogens with one attached hydrogen (secondary N) is 1. The number of ether oxygens (including phenoxy) is 2. The van der Waals surface area contributed by atoms with E-state index in [0.717, 1.165) is 30.4 Å². The van der Waals surface area contributed by atoms with E-state index in [-0.39, 0.29) is 23.8 Å². The van der Waals surface area contributed by atoms with Crippen LogP contribution in [0.2, 0.25) is 0 Å². The van der Waals surface area contributed by atoms with Gasteiger partial charge in [0.1, 0.15) is 0 Å². The third-order valence-electron chi connectivity index (χ3n) is 4.95. The first-order valence-electron chi connectivity index (χ1n) is 9.35. The summed E-state index contributed by atoms with van der Waals surface area (Å²) in [5.74, 6) is 0.448. The van der Waals surface area contributed by atoms with E-state index < -0.39 is 6.29 Å². The highest BCUT2D eigenvalue weighted by molar-refractivity contribution is 5.92. The second-order valence-corrected chi connectivity index (χ2v) is 8.32. The maximum atomic E-state index is 12.4. The summed E-state index contributed by atoms with van der Waals surface area (Å²) in [6.07, 6.45) is 4.32. The van der Waals surface area contributed by atoms with Crippen LogP contribution < -0.4 is 5.32 Å². The van der Waals surface area contributed by atoms with Gasteiger partial charge in [0.05, 0.1) is 13.2 Å². The Kier molecular flexibility index (Phi) is 5.68. The van der Waals surface area contributed by atoms with Crippen LogP contribution >= 0.6 is 0 Å². The van der Waals surface area contributed by atoms with Crippen molar-refractivity contribution >= 4 is 5.91 Å². The number of carbonyl (C=O) groups excluding carboxylic acids is 1. The van der Waals surface area contributed by atoms with Crippen molar-refractivity contribution in [2.75, 3.05) is 0 Å². The lowest BCUT2D eigenvalue weighted by molar-refractivity contribution is -0.157. The molecule has 5 heteroatoms. The van der Waals surface area contributed by atoms with Crippen LogP contribution in [-0.2, 0) is 27.5 Å². The Morgan fingerprint density at radius 3 is 2.46 bits per heavy atom. The standard InChI is InChI=1S/C21H29NO4/c1-21(2,3)16-10-18(20(24)22-17-8-9-17)26-19(11-16)25-13-15-6-4-14(12-23)5-7-15/h4-7,10,16-17,19,23H,8-9,11-13H2,1-3H3,(H,22,24)/t16-,19+/m1/s1. The average molecular weight is 359 g/mol. The summed E-state index contributed by atoms with van der Waals surface area (Å²) < 4.78 is 11.8. The highest BCUT2D eigenvalue weighted by Gasteiger charge is 2.35. The predicted octanol–water partition coefficient (Wildman–Crippen LogP) is 3.27. The number of aliphatic hydroxyl groups is 1. The number of rotatable bonds is 6. The molecular weight excluding hydrogens is 330 g/mol. The zero-order valence-corrected chi connectivity index (χ0v) is 15.8. The number of hydrogen-bond donors (Lipinski definition) is 2. The van der Waals surface area contributed by atoms with Crippen molar-refractivity contribution in [2.45, 2.75) is 65.6 Å². The van der Waals surface area contributed by atoms with Crippen molar-refractivity contribution in [1.82, 2.24) is 5.32 Å². The van der Waals surface area contributed by atoms with E-state index in [9.17, 15) is 4.79 Å². The van der Waals surface area contributed by atoms with Gasteiger partial charge in [-0.05, 0) is 41.4 Å². The predicted molar refractivity (Wildman–Crippen MR) is 98.8 cm³/mol. The number of benzene rings is 1. The van der Waals surface area contributed by atoms with Crippen LogP contribution in [0.1, 0.15) is 51.2 Å². The minimum Gasteiger partial charge on any atom is -0.459 e. The van der Waals surface area contributed by atoms with Gasteiger partial charge >= 0.3 is 0 Å². The first-order chi connectivity index (χ1) is 12.3. The van der Waals surface area contributed by atoms with Crippen LogP contribution in [0.5, 0.6) is 0 Å². The molecule has 142 valence electrons. The second-order valence-electron chi connectivity index (χ2n) is 8.32. The Labute approximate surface area is 155 Å². The van der Waals surface area contributed by atoms with Crippen molar-refractivity contribution < 1.29 is 19.4 Å². The maximum absolute atomic E-state index is 12.4. The maximum Gasteiger partial charge on any atom is 0.286 e. The number of allylic oxidation sites excluding steroid dienone is 1. The first kappa shape index (κ1) is 18.9. The third-order valence-corrected chi connectivity index (χ3v) is 4.95. The van der Waals surface area contributed by atoms with Crippen LogP contribution in [0.15, 0.2) is 36.1 Å². The SMILES string of the molecule is CC(C)(C)[C@@H]1C=C(C(=O)NC2CC2)O[C@H](OCc2ccc(CO)cc2)C1. The minimum atomic E-state index is -0.443. The zero-order valence-electron chi connectivity index (χ0n) is 15.8. The average Bonchev–Trinajstić information content (AvgIpc) is 3.43. The lowest BCUT2D eigenvalue weighted by atomic mass is 9.77. The Bertz CT molecular complexity index is 656. The van der Waals surface area contributed by atoms with E-state index >= 15 is 0 Å². The molecule has 0 radical (unpaired) electrons. The number of aliphatic hydroxyl groups excluding tert-OH is 1. The molecule has 1 heterocycles. The van der Waals surface area contributed by atoms with Gasteiger partial charge in [-0.15, -0.1) is 0 Å². The summed E-state index contributed by atoms with van der Waals surface area (Å²) in [6.45, 7) is 6.94. The lowest BCUT2D eigenvalue weighted by Crippen LogP contribution is -2.37. The normalized spacial score (nSPS) is 23.2. The van der Waals surface area contributed by atoms with Crippen molar-refractivity contribution in [2.24, 2.45) is 11.3 Å². The molecule has 0 aromatic heterocycles. The van der Waals surface area contributed by atoms with Gasteiger partial charge in [-0.25, -0.2) is 0 Å². The number of hydrogen-bond acceptors (Lipinski definition) is 4. The van der Waals surface area contributed by atoms with E-state index in [0.29, 0.717) is 18.4 Å². The highest BCUT2D eigenvalue weighted by Crippen LogP contribution is 2.36. The van der Waals surface area contributed by atoms with E-state index in [4.69, 9.17) is 14.6 Å². The molecule has 2 N–H and O–H groups in total. The summed E-state index contributed by atoms with van der Waals surface area (Å²) in [5.41, 5.74) is 1.91. The van der Waals surface area contributed by atoms with E-state index in [1.165, 1.54) is 0 Å². The number of amides is 1. The first-order valence-corrected chi connectivity index (χ1v) is 9.35. The molecule has 1 aromatic carbocycles. The van der Waals surface area contributed by atoms with Gasteiger partial charge in [0, 0.05) is 12.5 Å². The topological polar surface area (TPSA) is 67.8 Å². The molecule has 1 saturated carbocycles. The quantitative estimate of drug-likeness (QED) is 0.818. The van der Waals surface area contributed by atoms with Crippen molar-refractivity contribution in [3.8, 4) is 0 Å². The molecule has 26 heavy (non-hydrogen) atoms. The Hall–Kier alpha value is -1.85. The Morgan fingerprint density at radius 2 is 1.88 bits per heavy atom. The van der Waals surface area contributed by atoms with E-state index in [1.54, 1.807) is 0 Å². The van der Waals surface area contributed by atoms with Gasteiger partial charge in [-0.2, -0.15) is 0 Å². The van der Waals surface area contributed by atoms with Gasteiger partial charge < -0.3 is 19.9 Å². The Balaban J connectivity index is 1.64. The summed E-state index contributed by atoms with van der Waals surface area (Å²) in [7, 11) is 0. The van der Waals surface area contributed by atoms with Crippen molar-refractivity contribution in [1.29, 1.82) is 0 Å². The third kappa shape index (κ3) is 5.08. The van der Waals surface area contributed by atoms with Gasteiger partial charge in [0.15, 0.2) is 5.76 Å². The fourth-order valence-corrected chi connectivity index (χ4v) is 2.94. The molecule has 0 saturated heterocycles. The van der Waals surface area contributed by atoms with Gasteiger partial charge in [0.25, 0.3) is 5.91 Å². The van der Waals surface area contributed by atoms with E-state index in [1.807, 2.05) is 30.3 Å². The molecule has 1 aromatic rings. The lowest BCUT2D eigenvalue weighted by Gasteiger charge is -2.36. The summed E-state index contributed by atoms with van der Waals surface area (Å²) in [5, 5.41) is 12.1. The van der Waals surface area contributed by atoms with E-state index in [2.05, 4.69) is 26.1 Å². The molecule has 0 bridgehead atoms. The molecule has 2 aliphatic rings. The van der Waals surface area contributed by atoms with Gasteiger partial charge in [0.2, 0.25) is 6.29 Å². The largest absolute Gasteiger partial charge is 0.459 e. The van der Waals surface area contributed by atoms with Gasteiger partial charge in [-0.1, -0.05) is 45.0 Å². The molecule has 1 aliphatic heterocycles. The fourth-order valence-electron chi connectivity index (χ4n) is 2.94. The summed E-state index contributed by atoms with van der Waals surface area (Å²) >= 11 is 0. The molecular formula is C21H29NO4.